The van der Waals surface area contributed by atoms with Gasteiger partial charge in [-0.05, 0) is 42.0 Å². The minimum atomic E-state index is -4.42. The Morgan fingerprint density at radius 3 is 2.73 bits per heavy atom. The summed E-state index contributed by atoms with van der Waals surface area (Å²) >= 11 is 6.04. The van der Waals surface area contributed by atoms with Gasteiger partial charge in [0.1, 0.15) is 18.1 Å². The lowest BCUT2D eigenvalue weighted by molar-refractivity contribution is -0.137. The first-order valence-corrected chi connectivity index (χ1v) is 10.1. The molecule has 1 amide bonds. The van der Waals surface area contributed by atoms with Crippen LogP contribution >= 0.6 is 11.6 Å². The fourth-order valence-corrected chi connectivity index (χ4v) is 3.22. The molecule has 1 N–H and O–H groups in total. The second-order valence-electron chi connectivity index (χ2n) is 7.06. The van der Waals surface area contributed by atoms with Crippen LogP contribution in [-0.4, -0.2) is 15.7 Å². The van der Waals surface area contributed by atoms with E-state index in [1.807, 2.05) is 0 Å². The molecule has 0 spiro atoms. The van der Waals surface area contributed by atoms with Crippen molar-refractivity contribution < 1.29 is 27.1 Å². The summed E-state index contributed by atoms with van der Waals surface area (Å²) in [7, 11) is 0. The van der Waals surface area contributed by atoms with Gasteiger partial charge in [-0.15, -0.1) is 0 Å². The standard InChI is InChI=1S/C23H17ClF3N3O3/c24-19-6-1-2-7-20(19)32-14-18-8-9-21(33-18)22(31)29-17-11-28-30(13-17)12-15-4-3-5-16(10-15)23(25,26)27/h1-11,13H,12,14H2,(H,29,31). The molecule has 0 saturated carbocycles. The van der Waals surface area contributed by atoms with Crippen LogP contribution in [0.25, 0.3) is 0 Å². The van der Waals surface area contributed by atoms with Gasteiger partial charge in [0, 0.05) is 6.20 Å². The van der Waals surface area contributed by atoms with Crippen molar-refractivity contribution in [3.8, 4) is 5.75 Å². The maximum absolute atomic E-state index is 12.9. The number of nitrogens with one attached hydrogen (secondary N) is 1. The topological polar surface area (TPSA) is 69.3 Å². The summed E-state index contributed by atoms with van der Waals surface area (Å²) < 4.78 is 51.2. The molecule has 0 unspecified atom stereocenters. The molecule has 0 fully saturated rings. The van der Waals surface area contributed by atoms with E-state index < -0.39 is 17.6 Å². The third kappa shape index (κ3) is 5.75. The average Bonchev–Trinajstić information content (AvgIpc) is 3.42. The Hall–Kier alpha value is -3.72. The number of amides is 1. The Morgan fingerprint density at radius 1 is 1.12 bits per heavy atom. The molecule has 33 heavy (non-hydrogen) atoms. The molecule has 0 aliphatic carbocycles. The van der Waals surface area contributed by atoms with Crippen LogP contribution in [-0.2, 0) is 19.3 Å². The van der Waals surface area contributed by atoms with E-state index in [9.17, 15) is 18.0 Å². The van der Waals surface area contributed by atoms with Crippen LogP contribution in [0.3, 0.4) is 0 Å². The van der Waals surface area contributed by atoms with Crippen molar-refractivity contribution in [2.45, 2.75) is 19.3 Å². The number of halogens is 4. The van der Waals surface area contributed by atoms with E-state index in [0.29, 0.717) is 27.8 Å². The molecule has 2 aromatic carbocycles. The Morgan fingerprint density at radius 2 is 1.94 bits per heavy atom. The molecule has 6 nitrogen and oxygen atoms in total. The summed E-state index contributed by atoms with van der Waals surface area (Å²) in [6, 6.07) is 15.1. The van der Waals surface area contributed by atoms with Crippen LogP contribution in [0, 0.1) is 0 Å². The Kier molecular flexibility index (Phi) is 6.41. The largest absolute Gasteiger partial charge is 0.484 e. The van der Waals surface area contributed by atoms with E-state index in [0.717, 1.165) is 12.1 Å². The van der Waals surface area contributed by atoms with Gasteiger partial charge in [-0.2, -0.15) is 18.3 Å². The van der Waals surface area contributed by atoms with Gasteiger partial charge in [0.25, 0.3) is 5.91 Å². The second kappa shape index (κ2) is 9.41. The summed E-state index contributed by atoms with van der Waals surface area (Å²) in [5, 5.41) is 7.18. The summed E-state index contributed by atoms with van der Waals surface area (Å²) in [6.07, 6.45) is -1.50. The van der Waals surface area contributed by atoms with E-state index in [4.69, 9.17) is 20.8 Å². The number of nitrogens with zero attached hydrogens (tertiary/aromatic N) is 2. The molecule has 4 aromatic rings. The third-order valence-electron chi connectivity index (χ3n) is 4.58. The zero-order valence-electron chi connectivity index (χ0n) is 17.0. The molecular weight excluding hydrogens is 459 g/mol. The summed E-state index contributed by atoms with van der Waals surface area (Å²) in [5.74, 6) is 0.492. The number of carbonyl (C=O) groups excluding carboxylic acids is 1. The molecule has 170 valence electrons. The molecule has 4 rings (SSSR count). The second-order valence-corrected chi connectivity index (χ2v) is 7.47. The lowest BCUT2D eigenvalue weighted by Gasteiger charge is -2.08. The highest BCUT2D eigenvalue weighted by atomic mass is 35.5. The van der Waals surface area contributed by atoms with Gasteiger partial charge in [0.15, 0.2) is 5.76 Å². The number of hydrogen-bond donors (Lipinski definition) is 1. The zero-order chi connectivity index (χ0) is 23.4. The van der Waals surface area contributed by atoms with Gasteiger partial charge < -0.3 is 14.5 Å². The normalized spacial score (nSPS) is 11.4. The van der Waals surface area contributed by atoms with Gasteiger partial charge in [-0.25, -0.2) is 0 Å². The molecule has 0 bridgehead atoms. The van der Waals surface area contributed by atoms with Crippen LogP contribution in [0.2, 0.25) is 5.02 Å². The molecule has 0 saturated heterocycles. The zero-order valence-corrected chi connectivity index (χ0v) is 17.7. The van der Waals surface area contributed by atoms with Crippen molar-refractivity contribution in [1.29, 1.82) is 0 Å². The van der Waals surface area contributed by atoms with Gasteiger partial charge in [-0.1, -0.05) is 35.9 Å². The number of hydrogen-bond acceptors (Lipinski definition) is 4. The van der Waals surface area contributed by atoms with E-state index in [2.05, 4.69) is 10.4 Å². The minimum absolute atomic E-state index is 0.0680. The lowest BCUT2D eigenvalue weighted by Crippen LogP contribution is -2.10. The predicted octanol–water partition coefficient (Wildman–Crippen LogP) is 6.03. The number of benzene rings is 2. The van der Waals surface area contributed by atoms with Gasteiger partial charge in [-0.3, -0.25) is 9.48 Å². The molecule has 2 aromatic heterocycles. The number of carbonyl (C=O) groups is 1. The van der Waals surface area contributed by atoms with Gasteiger partial charge >= 0.3 is 6.18 Å². The highest BCUT2D eigenvalue weighted by Crippen LogP contribution is 2.29. The molecular formula is C23H17ClF3N3O3. The number of para-hydroxylation sites is 1. The van der Waals surface area contributed by atoms with Gasteiger partial charge in [0.05, 0.1) is 29.0 Å². The molecule has 0 radical (unpaired) electrons. The fourth-order valence-electron chi connectivity index (χ4n) is 3.03. The molecule has 0 aliphatic heterocycles. The van der Waals surface area contributed by atoms with Crippen LogP contribution in [0.15, 0.2) is 77.5 Å². The molecule has 0 atom stereocenters. The van der Waals surface area contributed by atoms with E-state index >= 15 is 0 Å². The third-order valence-corrected chi connectivity index (χ3v) is 4.89. The van der Waals surface area contributed by atoms with Crippen molar-refractivity contribution in [1.82, 2.24) is 9.78 Å². The lowest BCUT2D eigenvalue weighted by atomic mass is 10.1. The summed E-state index contributed by atoms with van der Waals surface area (Å²) in [4.78, 5) is 12.4. The van der Waals surface area contributed by atoms with Crippen LogP contribution in [0.1, 0.15) is 27.4 Å². The maximum atomic E-state index is 12.9. The van der Waals surface area contributed by atoms with Gasteiger partial charge in [0.2, 0.25) is 0 Å². The van der Waals surface area contributed by atoms with E-state index in [-0.39, 0.29) is 18.9 Å². The molecule has 2 heterocycles. The first-order chi connectivity index (χ1) is 15.8. The Labute approximate surface area is 191 Å². The number of alkyl halides is 3. The minimum Gasteiger partial charge on any atom is -0.484 e. The van der Waals surface area contributed by atoms with E-state index in [1.54, 1.807) is 36.4 Å². The fraction of sp³-hybridized carbons (Fsp3) is 0.130. The summed E-state index contributed by atoms with van der Waals surface area (Å²) in [5.41, 5.74) is 0.0741. The Bertz CT molecular complexity index is 1270. The SMILES string of the molecule is O=C(Nc1cnn(Cc2cccc(C(F)(F)F)c2)c1)c1ccc(COc2ccccc2Cl)o1. The van der Waals surface area contributed by atoms with Crippen molar-refractivity contribution in [2.75, 3.05) is 5.32 Å². The number of ether oxygens (including phenoxy) is 1. The highest BCUT2D eigenvalue weighted by molar-refractivity contribution is 6.32. The maximum Gasteiger partial charge on any atom is 0.416 e. The van der Waals surface area contributed by atoms with Crippen molar-refractivity contribution in [3.63, 3.8) is 0 Å². The predicted molar refractivity (Wildman–Crippen MR) is 115 cm³/mol. The molecule has 0 aliphatic rings. The van der Waals surface area contributed by atoms with Crippen LogP contribution in [0.4, 0.5) is 18.9 Å². The smallest absolute Gasteiger partial charge is 0.416 e. The number of furan rings is 1. The van der Waals surface area contributed by atoms with Crippen molar-refractivity contribution in [2.24, 2.45) is 0 Å². The first-order valence-electron chi connectivity index (χ1n) is 9.74. The van der Waals surface area contributed by atoms with Crippen molar-refractivity contribution in [3.05, 3.63) is 101 Å². The quantitative estimate of drug-likeness (QED) is 0.354. The van der Waals surface area contributed by atoms with E-state index in [1.165, 1.54) is 29.2 Å². The molecule has 10 heteroatoms. The summed E-state index contributed by atoms with van der Waals surface area (Å²) in [6.45, 7) is 0.204. The average molecular weight is 476 g/mol. The number of rotatable bonds is 7. The first kappa shape index (κ1) is 22.5. The number of aromatic nitrogens is 2. The monoisotopic (exact) mass is 475 g/mol. The Balaban J connectivity index is 1.35. The highest BCUT2D eigenvalue weighted by Gasteiger charge is 2.30. The van der Waals surface area contributed by atoms with Crippen LogP contribution < -0.4 is 10.1 Å². The van der Waals surface area contributed by atoms with Crippen LogP contribution in [0.5, 0.6) is 5.75 Å². The van der Waals surface area contributed by atoms with Crippen molar-refractivity contribution >= 4 is 23.2 Å². The number of anilines is 1.